The van der Waals surface area contributed by atoms with Crippen LogP contribution in [0.25, 0.3) is 0 Å². The zero-order valence-electron chi connectivity index (χ0n) is 4.94. The van der Waals surface area contributed by atoms with Crippen LogP contribution in [-0.4, -0.2) is 5.11 Å². The fourth-order valence-electron chi connectivity index (χ4n) is 0.571. The molecule has 0 bridgehead atoms. The summed E-state index contributed by atoms with van der Waals surface area (Å²) >= 11 is 1.85. The average Bonchev–Trinajstić information content (AvgIpc) is 1.82. The minimum atomic E-state index is -0.579. The fraction of sp³-hybridized carbons (Fsp3) is 0. The maximum absolute atomic E-state index is 12.6. The quantitative estimate of drug-likeness (QED) is 0.420. The number of hydrogen-bond acceptors (Lipinski definition) is 2. The van der Waals surface area contributed by atoms with E-state index in [4.69, 9.17) is 10.8 Å². The lowest BCUT2D eigenvalue weighted by atomic mass is 10.3. The Labute approximate surface area is 71.0 Å². The van der Waals surface area contributed by atoms with Crippen LogP contribution in [0, 0.1) is 9.39 Å². The summed E-state index contributed by atoms with van der Waals surface area (Å²) in [5, 5.41) is 8.82. The third-order valence-electron chi connectivity index (χ3n) is 1.06. The van der Waals surface area contributed by atoms with E-state index in [1.807, 2.05) is 22.6 Å². The van der Waals surface area contributed by atoms with Crippen molar-refractivity contribution in [2.75, 3.05) is 5.73 Å². The van der Waals surface area contributed by atoms with E-state index >= 15 is 0 Å². The van der Waals surface area contributed by atoms with Gasteiger partial charge in [0.25, 0.3) is 0 Å². The second-order valence-electron chi connectivity index (χ2n) is 1.82. The highest BCUT2D eigenvalue weighted by Gasteiger charge is 2.03. The number of nitrogen functional groups attached to an aromatic ring is 1. The molecular formula is C6H5FINO. The molecule has 1 aromatic rings. The van der Waals surface area contributed by atoms with Gasteiger partial charge in [0.05, 0.1) is 5.69 Å². The molecule has 0 spiro atoms. The molecule has 0 fully saturated rings. The normalized spacial score (nSPS) is 9.80. The lowest BCUT2D eigenvalue weighted by molar-refractivity contribution is 0.469. The van der Waals surface area contributed by atoms with Gasteiger partial charge in [-0.15, -0.1) is 0 Å². The molecule has 10 heavy (non-hydrogen) atoms. The Morgan fingerprint density at radius 1 is 1.50 bits per heavy atom. The number of aromatic hydroxyl groups is 1. The highest BCUT2D eigenvalue weighted by molar-refractivity contribution is 14.1. The van der Waals surface area contributed by atoms with E-state index in [1.54, 1.807) is 0 Å². The van der Waals surface area contributed by atoms with Gasteiger partial charge in [0, 0.05) is 9.64 Å². The zero-order chi connectivity index (χ0) is 7.72. The van der Waals surface area contributed by atoms with Gasteiger partial charge in [0.15, 0.2) is 5.82 Å². The standard InChI is InChI=1S/C6H5FINO/c7-4-1-3(10)2-5(8)6(4)9/h1-2,10H,9H2. The Kier molecular flexibility index (Phi) is 1.98. The molecule has 0 aliphatic carbocycles. The summed E-state index contributed by atoms with van der Waals surface area (Å²) in [6.45, 7) is 0. The molecule has 0 unspecified atom stereocenters. The summed E-state index contributed by atoms with van der Waals surface area (Å²) in [5.74, 6) is -0.680. The van der Waals surface area contributed by atoms with E-state index in [9.17, 15) is 4.39 Å². The summed E-state index contributed by atoms with van der Waals surface area (Å²) in [6.07, 6.45) is 0. The molecule has 3 N–H and O–H groups in total. The molecule has 1 rings (SSSR count). The van der Waals surface area contributed by atoms with Gasteiger partial charge in [-0.2, -0.15) is 0 Å². The van der Waals surface area contributed by atoms with Crippen molar-refractivity contribution in [2.45, 2.75) is 0 Å². The number of nitrogens with two attached hydrogens (primary N) is 1. The molecule has 4 heteroatoms. The molecule has 2 nitrogen and oxygen atoms in total. The smallest absolute Gasteiger partial charge is 0.150 e. The third kappa shape index (κ3) is 1.31. The first-order chi connectivity index (χ1) is 4.61. The number of rotatable bonds is 0. The van der Waals surface area contributed by atoms with Crippen molar-refractivity contribution >= 4 is 28.3 Å². The Bertz CT molecular complexity index is 241. The minimum Gasteiger partial charge on any atom is -0.508 e. The second kappa shape index (κ2) is 2.61. The predicted octanol–water partition coefficient (Wildman–Crippen LogP) is 1.72. The van der Waals surface area contributed by atoms with Gasteiger partial charge in [-0.05, 0) is 28.7 Å². The zero-order valence-corrected chi connectivity index (χ0v) is 7.09. The Hall–Kier alpha value is -0.520. The average molecular weight is 253 g/mol. The van der Waals surface area contributed by atoms with Crippen LogP contribution in [-0.2, 0) is 0 Å². The topological polar surface area (TPSA) is 46.2 Å². The first-order valence-electron chi connectivity index (χ1n) is 2.54. The van der Waals surface area contributed by atoms with E-state index < -0.39 is 5.82 Å². The third-order valence-corrected chi connectivity index (χ3v) is 1.96. The number of hydrogen-bond donors (Lipinski definition) is 2. The molecule has 0 atom stereocenters. The summed E-state index contributed by atoms with van der Waals surface area (Å²) in [4.78, 5) is 0. The van der Waals surface area contributed by atoms with Crippen molar-refractivity contribution in [2.24, 2.45) is 0 Å². The van der Waals surface area contributed by atoms with Gasteiger partial charge < -0.3 is 10.8 Å². The lowest BCUT2D eigenvalue weighted by Gasteiger charge is -1.99. The van der Waals surface area contributed by atoms with Gasteiger partial charge in [0.2, 0.25) is 0 Å². The van der Waals surface area contributed by atoms with E-state index in [-0.39, 0.29) is 11.4 Å². The van der Waals surface area contributed by atoms with Gasteiger partial charge in [-0.1, -0.05) is 0 Å². The fourth-order valence-corrected chi connectivity index (χ4v) is 1.15. The van der Waals surface area contributed by atoms with Crippen LogP contribution in [0.5, 0.6) is 5.75 Å². The molecule has 0 heterocycles. The maximum atomic E-state index is 12.6. The summed E-state index contributed by atoms with van der Waals surface area (Å²) in [7, 11) is 0. The number of halogens is 2. The van der Waals surface area contributed by atoms with Crippen molar-refractivity contribution in [3.8, 4) is 5.75 Å². The van der Waals surface area contributed by atoms with Crippen LogP contribution in [0.4, 0.5) is 10.1 Å². The maximum Gasteiger partial charge on any atom is 0.150 e. The van der Waals surface area contributed by atoms with Gasteiger partial charge >= 0.3 is 0 Å². The highest BCUT2D eigenvalue weighted by Crippen LogP contribution is 2.23. The van der Waals surface area contributed by atoms with E-state index in [0.717, 1.165) is 6.07 Å². The van der Waals surface area contributed by atoms with Crippen LogP contribution in [0.3, 0.4) is 0 Å². The van der Waals surface area contributed by atoms with Crippen LogP contribution in [0.15, 0.2) is 12.1 Å². The number of anilines is 1. The first kappa shape index (κ1) is 7.59. The Balaban J connectivity index is 3.31. The van der Waals surface area contributed by atoms with Crippen molar-refractivity contribution in [3.63, 3.8) is 0 Å². The van der Waals surface area contributed by atoms with Crippen molar-refractivity contribution in [3.05, 3.63) is 21.5 Å². The van der Waals surface area contributed by atoms with Gasteiger partial charge in [0.1, 0.15) is 5.75 Å². The van der Waals surface area contributed by atoms with E-state index in [0.29, 0.717) is 3.57 Å². The number of phenols is 1. The van der Waals surface area contributed by atoms with Crippen LogP contribution in [0.2, 0.25) is 0 Å². The Morgan fingerprint density at radius 3 is 2.60 bits per heavy atom. The largest absolute Gasteiger partial charge is 0.508 e. The molecule has 0 saturated carbocycles. The SMILES string of the molecule is Nc1c(F)cc(O)cc1I. The van der Waals surface area contributed by atoms with Crippen LogP contribution >= 0.6 is 22.6 Å². The van der Waals surface area contributed by atoms with Crippen molar-refractivity contribution in [1.82, 2.24) is 0 Å². The Morgan fingerprint density at radius 2 is 2.10 bits per heavy atom. The van der Waals surface area contributed by atoms with E-state index in [1.165, 1.54) is 6.07 Å². The van der Waals surface area contributed by atoms with E-state index in [2.05, 4.69) is 0 Å². The van der Waals surface area contributed by atoms with Crippen LogP contribution in [0.1, 0.15) is 0 Å². The molecule has 0 amide bonds. The molecule has 0 saturated heterocycles. The van der Waals surface area contributed by atoms with Crippen molar-refractivity contribution < 1.29 is 9.50 Å². The molecule has 1 aromatic carbocycles. The monoisotopic (exact) mass is 253 g/mol. The summed E-state index contributed by atoms with van der Waals surface area (Å²) < 4.78 is 13.1. The lowest BCUT2D eigenvalue weighted by Crippen LogP contribution is -1.92. The summed E-state index contributed by atoms with van der Waals surface area (Å²) in [5.41, 5.74) is 5.34. The molecule has 0 aromatic heterocycles. The van der Waals surface area contributed by atoms with Gasteiger partial charge in [-0.25, -0.2) is 4.39 Å². The summed E-state index contributed by atoms with van der Waals surface area (Å²) in [6, 6.07) is 2.39. The van der Waals surface area contributed by atoms with Crippen molar-refractivity contribution in [1.29, 1.82) is 0 Å². The molecule has 0 radical (unpaired) electrons. The minimum absolute atomic E-state index is 0.0819. The van der Waals surface area contributed by atoms with Crippen LogP contribution < -0.4 is 5.73 Å². The molecule has 0 aliphatic heterocycles. The number of phenolic OH excluding ortho intramolecular Hbond substituents is 1. The van der Waals surface area contributed by atoms with Gasteiger partial charge in [-0.3, -0.25) is 0 Å². The molecule has 54 valence electrons. The predicted molar refractivity (Wildman–Crippen MR) is 45.2 cm³/mol. The molecular weight excluding hydrogens is 248 g/mol. The first-order valence-corrected chi connectivity index (χ1v) is 3.62. The second-order valence-corrected chi connectivity index (χ2v) is 2.99. The number of benzene rings is 1. The molecule has 0 aliphatic rings. The highest BCUT2D eigenvalue weighted by atomic mass is 127.